The Bertz CT molecular complexity index is 686. The van der Waals surface area contributed by atoms with Crippen LogP contribution in [0.3, 0.4) is 0 Å². The van der Waals surface area contributed by atoms with Gasteiger partial charge >= 0.3 is 0 Å². The van der Waals surface area contributed by atoms with Gasteiger partial charge in [0.05, 0.1) is 0 Å². The fourth-order valence-electron chi connectivity index (χ4n) is 4.06. The van der Waals surface area contributed by atoms with Crippen molar-refractivity contribution in [3.8, 4) is 0 Å². The first kappa shape index (κ1) is 21.6. The van der Waals surface area contributed by atoms with Crippen molar-refractivity contribution in [3.05, 3.63) is 29.8 Å². The quantitative estimate of drug-likeness (QED) is 0.356. The lowest BCUT2D eigenvalue weighted by atomic mass is 9.85. The number of nitrogens with zero attached hydrogens (tertiary/aromatic N) is 2. The second-order valence-electron chi connectivity index (χ2n) is 8.40. The van der Waals surface area contributed by atoms with Crippen LogP contribution in [0.1, 0.15) is 57.4 Å². The van der Waals surface area contributed by atoms with E-state index >= 15 is 0 Å². The second kappa shape index (κ2) is 11.2. The van der Waals surface area contributed by atoms with Gasteiger partial charge in [0.1, 0.15) is 0 Å². The van der Waals surface area contributed by atoms with E-state index in [0.29, 0.717) is 6.54 Å². The number of piperidine rings is 1. The summed E-state index contributed by atoms with van der Waals surface area (Å²) < 4.78 is 0. The number of guanidine groups is 1. The third kappa shape index (κ3) is 6.74. The summed E-state index contributed by atoms with van der Waals surface area (Å²) in [7, 11) is 1.80. The molecule has 1 aliphatic heterocycles. The molecule has 6 heteroatoms. The van der Waals surface area contributed by atoms with Crippen LogP contribution in [0.2, 0.25) is 0 Å². The Morgan fingerprint density at radius 1 is 1.17 bits per heavy atom. The summed E-state index contributed by atoms with van der Waals surface area (Å²) >= 11 is 0. The average Bonchev–Trinajstić information content (AvgIpc) is 2.67. The Hall–Kier alpha value is -2.08. The van der Waals surface area contributed by atoms with Crippen LogP contribution < -0.4 is 16.0 Å². The summed E-state index contributed by atoms with van der Waals surface area (Å²) in [4.78, 5) is 19.1. The summed E-state index contributed by atoms with van der Waals surface area (Å²) in [6.45, 7) is 6.32. The molecule has 1 aromatic carbocycles. The molecule has 3 rings (SSSR count). The van der Waals surface area contributed by atoms with Gasteiger partial charge in [-0.15, -0.1) is 0 Å². The molecular weight excluding hydrogens is 362 g/mol. The van der Waals surface area contributed by atoms with E-state index in [1.807, 2.05) is 18.2 Å². The molecule has 29 heavy (non-hydrogen) atoms. The van der Waals surface area contributed by atoms with Crippen molar-refractivity contribution >= 4 is 17.6 Å². The highest BCUT2D eigenvalue weighted by Crippen LogP contribution is 2.27. The summed E-state index contributed by atoms with van der Waals surface area (Å²) in [6, 6.07) is 8.77. The lowest BCUT2D eigenvalue weighted by molar-refractivity contribution is -0.122. The normalized spacial score (nSPS) is 20.8. The Morgan fingerprint density at radius 2 is 2.03 bits per heavy atom. The molecule has 0 spiro atoms. The van der Waals surface area contributed by atoms with Gasteiger partial charge in [0.25, 0.3) is 0 Å². The zero-order valence-corrected chi connectivity index (χ0v) is 18.0. The minimum atomic E-state index is 0.154. The number of likely N-dealkylation sites (tertiary alicyclic amines) is 1. The van der Waals surface area contributed by atoms with Crippen LogP contribution in [-0.4, -0.2) is 49.5 Å². The average molecular weight is 400 g/mol. The number of anilines is 1. The molecule has 1 aromatic rings. The van der Waals surface area contributed by atoms with Gasteiger partial charge in [-0.05, 0) is 63.3 Å². The van der Waals surface area contributed by atoms with Gasteiger partial charge in [0, 0.05) is 44.3 Å². The number of carbonyl (C=O) groups excluding carboxylic acids is 1. The van der Waals surface area contributed by atoms with E-state index in [0.717, 1.165) is 55.6 Å². The highest BCUT2D eigenvalue weighted by atomic mass is 16.1. The molecule has 0 bridgehead atoms. The number of rotatable bonds is 8. The van der Waals surface area contributed by atoms with Gasteiger partial charge in [0.2, 0.25) is 5.91 Å². The topological polar surface area (TPSA) is 68.8 Å². The molecule has 1 unspecified atom stereocenters. The molecule has 1 atom stereocenters. The van der Waals surface area contributed by atoms with Crippen LogP contribution in [0.5, 0.6) is 0 Å². The number of aliphatic imine (C=N–C) groups is 1. The maximum absolute atomic E-state index is 12.1. The standard InChI is InChI=1S/C23H37N5O/c1-18-8-3-4-14-28(18)15-7-13-25-23(24-2)26-17-19-9-5-12-21(16-19)27-22(29)20-10-6-11-20/h5,9,12,16,18,20H,3-4,6-8,10-11,13-15,17H2,1-2H3,(H,27,29)(H2,24,25,26). The summed E-state index contributed by atoms with van der Waals surface area (Å²) in [6.07, 6.45) is 8.37. The SMILES string of the molecule is CN=C(NCCCN1CCCCC1C)NCc1cccc(NC(=O)C2CCC2)c1. The minimum absolute atomic E-state index is 0.154. The maximum Gasteiger partial charge on any atom is 0.227 e. The van der Waals surface area contributed by atoms with Crippen LogP contribution in [0.4, 0.5) is 5.69 Å². The summed E-state index contributed by atoms with van der Waals surface area (Å²) in [5.74, 6) is 1.18. The van der Waals surface area contributed by atoms with Crippen molar-refractivity contribution in [2.75, 3.05) is 32.0 Å². The number of hydrogen-bond acceptors (Lipinski definition) is 3. The molecule has 1 amide bonds. The first-order chi connectivity index (χ1) is 14.2. The molecule has 3 N–H and O–H groups in total. The molecule has 0 radical (unpaired) electrons. The molecule has 2 fully saturated rings. The van der Waals surface area contributed by atoms with Crippen molar-refractivity contribution in [3.63, 3.8) is 0 Å². The van der Waals surface area contributed by atoms with Crippen molar-refractivity contribution in [1.29, 1.82) is 0 Å². The summed E-state index contributed by atoms with van der Waals surface area (Å²) in [5, 5.41) is 9.83. The second-order valence-corrected chi connectivity index (χ2v) is 8.40. The molecular formula is C23H37N5O. The van der Waals surface area contributed by atoms with E-state index in [2.05, 4.69) is 38.8 Å². The van der Waals surface area contributed by atoms with E-state index in [1.165, 1.54) is 32.2 Å². The van der Waals surface area contributed by atoms with Crippen LogP contribution in [0.25, 0.3) is 0 Å². The smallest absolute Gasteiger partial charge is 0.227 e. The van der Waals surface area contributed by atoms with Crippen molar-refractivity contribution in [1.82, 2.24) is 15.5 Å². The third-order valence-corrected chi connectivity index (χ3v) is 6.21. The molecule has 1 saturated heterocycles. The molecule has 0 aromatic heterocycles. The largest absolute Gasteiger partial charge is 0.356 e. The first-order valence-electron chi connectivity index (χ1n) is 11.2. The Kier molecular flexibility index (Phi) is 8.35. The van der Waals surface area contributed by atoms with Gasteiger partial charge in [0.15, 0.2) is 5.96 Å². The van der Waals surface area contributed by atoms with E-state index in [9.17, 15) is 4.79 Å². The lowest BCUT2D eigenvalue weighted by Crippen LogP contribution is -2.41. The van der Waals surface area contributed by atoms with Gasteiger partial charge in [-0.1, -0.05) is 25.0 Å². The predicted octanol–water partition coefficient (Wildman–Crippen LogP) is 3.35. The molecule has 160 valence electrons. The number of hydrogen-bond donors (Lipinski definition) is 3. The van der Waals surface area contributed by atoms with Gasteiger partial charge in [-0.25, -0.2) is 0 Å². The van der Waals surface area contributed by atoms with E-state index < -0.39 is 0 Å². The maximum atomic E-state index is 12.1. The zero-order chi connectivity index (χ0) is 20.5. The third-order valence-electron chi connectivity index (χ3n) is 6.21. The van der Waals surface area contributed by atoms with E-state index in [4.69, 9.17) is 0 Å². The van der Waals surface area contributed by atoms with Crippen molar-refractivity contribution < 1.29 is 4.79 Å². The Balaban J connectivity index is 1.37. The minimum Gasteiger partial charge on any atom is -0.356 e. The van der Waals surface area contributed by atoms with E-state index in [-0.39, 0.29) is 11.8 Å². The number of carbonyl (C=O) groups is 1. The highest BCUT2D eigenvalue weighted by molar-refractivity contribution is 5.93. The van der Waals surface area contributed by atoms with E-state index in [1.54, 1.807) is 7.05 Å². The van der Waals surface area contributed by atoms with Gasteiger partial charge < -0.3 is 20.9 Å². The first-order valence-corrected chi connectivity index (χ1v) is 11.2. The van der Waals surface area contributed by atoms with Crippen LogP contribution in [-0.2, 0) is 11.3 Å². The van der Waals surface area contributed by atoms with Gasteiger partial charge in [-0.2, -0.15) is 0 Å². The fraction of sp³-hybridized carbons (Fsp3) is 0.652. The Labute approximate surface area is 175 Å². The lowest BCUT2D eigenvalue weighted by Gasteiger charge is -2.33. The number of nitrogens with one attached hydrogen (secondary N) is 3. The monoisotopic (exact) mass is 399 g/mol. The van der Waals surface area contributed by atoms with Crippen LogP contribution in [0, 0.1) is 5.92 Å². The zero-order valence-electron chi connectivity index (χ0n) is 18.0. The summed E-state index contributed by atoms with van der Waals surface area (Å²) in [5.41, 5.74) is 2.00. The molecule has 2 aliphatic rings. The van der Waals surface area contributed by atoms with Crippen molar-refractivity contribution in [2.45, 2.75) is 64.5 Å². The Morgan fingerprint density at radius 3 is 2.76 bits per heavy atom. The molecule has 6 nitrogen and oxygen atoms in total. The highest BCUT2D eigenvalue weighted by Gasteiger charge is 2.25. The number of amides is 1. The van der Waals surface area contributed by atoms with Crippen LogP contribution in [0.15, 0.2) is 29.3 Å². The van der Waals surface area contributed by atoms with Crippen LogP contribution >= 0.6 is 0 Å². The number of benzene rings is 1. The molecule has 1 heterocycles. The molecule has 1 saturated carbocycles. The van der Waals surface area contributed by atoms with Gasteiger partial charge in [-0.3, -0.25) is 9.79 Å². The predicted molar refractivity (Wildman–Crippen MR) is 120 cm³/mol. The van der Waals surface area contributed by atoms with Crippen molar-refractivity contribution in [2.24, 2.45) is 10.9 Å². The molecule has 1 aliphatic carbocycles. The fourth-order valence-corrected chi connectivity index (χ4v) is 4.06.